The Morgan fingerprint density at radius 1 is 1.26 bits per heavy atom. The maximum absolute atomic E-state index is 14.2. The van der Waals surface area contributed by atoms with Gasteiger partial charge < -0.3 is 21.5 Å². The lowest BCUT2D eigenvalue weighted by atomic mass is 9.97. The summed E-state index contributed by atoms with van der Waals surface area (Å²) < 4.78 is 28.5. The van der Waals surface area contributed by atoms with Gasteiger partial charge >= 0.3 is 0 Å². The molecule has 1 saturated heterocycles. The van der Waals surface area contributed by atoms with Gasteiger partial charge in [0.2, 0.25) is 0 Å². The van der Waals surface area contributed by atoms with Crippen LogP contribution in [0.1, 0.15) is 40.2 Å². The Balaban J connectivity index is 1.48. The lowest BCUT2D eigenvalue weighted by Gasteiger charge is -2.37. The number of nitrogen functional groups attached to an aromatic ring is 1. The molecule has 1 fully saturated rings. The Labute approximate surface area is 199 Å². The number of thiazole rings is 1. The van der Waals surface area contributed by atoms with E-state index in [1.54, 1.807) is 6.20 Å². The summed E-state index contributed by atoms with van der Waals surface area (Å²) in [6.07, 6.45) is 4.45. The third-order valence-electron chi connectivity index (χ3n) is 6.54. The highest BCUT2D eigenvalue weighted by Crippen LogP contribution is 2.37. The number of nitrogens with two attached hydrogens (primary N) is 2. The Bertz CT molecular complexity index is 1240. The van der Waals surface area contributed by atoms with Crippen LogP contribution in [0.4, 0.5) is 19.5 Å². The standard InChI is InChI=1S/C24H25F2N5O2S/c25-14-4-2-5-15(26)20(14)24-30-21(23(28)34-24)19(33)9-12-10-29-17-6-1-3-13(17)22(12)31-8-7-18(32)16(27)11-31/h2,4-5,10,16,18,32H,1,3,6-9,11,27-28H2/t16-,18-/m0/s1. The fourth-order valence-corrected chi connectivity index (χ4v) is 5.73. The van der Waals surface area contributed by atoms with E-state index in [1.807, 2.05) is 0 Å². The maximum Gasteiger partial charge on any atom is 0.188 e. The highest BCUT2D eigenvalue weighted by Gasteiger charge is 2.31. The van der Waals surface area contributed by atoms with E-state index in [0.29, 0.717) is 19.5 Å². The first kappa shape index (κ1) is 22.8. The Kier molecular flexibility index (Phi) is 6.05. The number of ketones is 1. The van der Waals surface area contributed by atoms with E-state index in [0.717, 1.165) is 65.2 Å². The van der Waals surface area contributed by atoms with Crippen LogP contribution in [0.2, 0.25) is 0 Å². The first-order valence-electron chi connectivity index (χ1n) is 11.3. The van der Waals surface area contributed by atoms with Crippen LogP contribution in [0.5, 0.6) is 0 Å². The van der Waals surface area contributed by atoms with Gasteiger partial charge in [0.05, 0.1) is 11.7 Å². The Morgan fingerprint density at radius 3 is 2.76 bits per heavy atom. The van der Waals surface area contributed by atoms with Crippen molar-refractivity contribution in [3.8, 4) is 10.6 Å². The van der Waals surface area contributed by atoms with E-state index in [2.05, 4.69) is 14.9 Å². The number of carbonyl (C=O) groups is 1. The molecule has 2 atom stereocenters. The number of fused-ring (bicyclic) bond motifs is 1. The number of piperidine rings is 1. The van der Waals surface area contributed by atoms with Crippen LogP contribution in [0.15, 0.2) is 24.4 Å². The summed E-state index contributed by atoms with van der Waals surface area (Å²) in [6, 6.07) is 3.17. The predicted molar refractivity (Wildman–Crippen MR) is 127 cm³/mol. The number of aryl methyl sites for hydroxylation is 1. The number of nitrogens with zero attached hydrogens (tertiary/aromatic N) is 3. The highest BCUT2D eigenvalue weighted by atomic mass is 32.1. The first-order valence-corrected chi connectivity index (χ1v) is 12.1. The molecule has 1 aliphatic heterocycles. The lowest BCUT2D eigenvalue weighted by molar-refractivity contribution is 0.0989. The average molecular weight is 486 g/mol. The van der Waals surface area contributed by atoms with Gasteiger partial charge in [0.15, 0.2) is 5.78 Å². The number of hydrogen-bond donors (Lipinski definition) is 3. The molecule has 1 aliphatic carbocycles. The van der Waals surface area contributed by atoms with Gasteiger partial charge in [-0.3, -0.25) is 9.78 Å². The molecular formula is C24H25F2N5O2S. The third kappa shape index (κ3) is 4.06. The second-order valence-corrected chi connectivity index (χ2v) is 9.84. The number of hydrogen-bond acceptors (Lipinski definition) is 8. The van der Waals surface area contributed by atoms with Crippen molar-refractivity contribution < 1.29 is 18.7 Å². The summed E-state index contributed by atoms with van der Waals surface area (Å²) in [4.78, 5) is 24.2. The van der Waals surface area contributed by atoms with Crippen molar-refractivity contribution in [3.05, 3.63) is 58.5 Å². The molecule has 5 rings (SSSR count). The number of aliphatic hydroxyl groups is 1. The molecular weight excluding hydrogens is 460 g/mol. The fraction of sp³-hybridized carbons (Fsp3) is 0.375. The van der Waals surface area contributed by atoms with Crippen LogP contribution in [0.25, 0.3) is 10.6 Å². The van der Waals surface area contributed by atoms with Gasteiger partial charge in [0.25, 0.3) is 0 Å². The Morgan fingerprint density at radius 2 is 2.03 bits per heavy atom. The van der Waals surface area contributed by atoms with E-state index in [1.165, 1.54) is 6.07 Å². The summed E-state index contributed by atoms with van der Waals surface area (Å²) in [5.74, 6) is -1.87. The molecule has 5 N–H and O–H groups in total. The quantitative estimate of drug-likeness (QED) is 0.476. The second-order valence-electron chi connectivity index (χ2n) is 8.81. The maximum atomic E-state index is 14.2. The zero-order valence-corrected chi connectivity index (χ0v) is 19.2. The smallest absolute Gasteiger partial charge is 0.188 e. The summed E-state index contributed by atoms with van der Waals surface area (Å²) >= 11 is 0.883. The van der Waals surface area contributed by atoms with Crippen LogP contribution >= 0.6 is 11.3 Å². The molecule has 178 valence electrons. The van der Waals surface area contributed by atoms with Crippen LogP contribution in [0.3, 0.4) is 0 Å². The van der Waals surface area contributed by atoms with Gasteiger partial charge in [0, 0.05) is 48.7 Å². The molecule has 7 nitrogen and oxygen atoms in total. The molecule has 0 amide bonds. The van der Waals surface area contributed by atoms with E-state index in [9.17, 15) is 18.7 Å². The van der Waals surface area contributed by atoms with E-state index < -0.39 is 17.7 Å². The molecule has 0 unspecified atom stereocenters. The summed E-state index contributed by atoms with van der Waals surface area (Å²) in [7, 11) is 0. The topological polar surface area (TPSA) is 118 Å². The summed E-state index contributed by atoms with van der Waals surface area (Å²) in [5.41, 5.74) is 15.7. The molecule has 10 heteroatoms. The number of Topliss-reactive ketones (excluding diaryl/α,β-unsaturated/α-hetero) is 1. The van der Waals surface area contributed by atoms with Crippen LogP contribution in [-0.4, -0.2) is 46.1 Å². The minimum Gasteiger partial charge on any atom is -0.391 e. The van der Waals surface area contributed by atoms with Crippen molar-refractivity contribution in [1.29, 1.82) is 0 Å². The van der Waals surface area contributed by atoms with Crippen LogP contribution in [0, 0.1) is 11.6 Å². The molecule has 3 aromatic rings. The molecule has 34 heavy (non-hydrogen) atoms. The van der Waals surface area contributed by atoms with Crippen LogP contribution in [-0.2, 0) is 19.3 Å². The molecule has 1 aromatic carbocycles. The second kappa shape index (κ2) is 9.01. The van der Waals surface area contributed by atoms with E-state index >= 15 is 0 Å². The van der Waals surface area contributed by atoms with Gasteiger partial charge in [-0.2, -0.15) is 0 Å². The summed E-state index contributed by atoms with van der Waals surface area (Å²) in [5, 5.41) is 10.2. The molecule has 0 radical (unpaired) electrons. The number of carbonyl (C=O) groups excluding carboxylic acids is 1. The molecule has 0 bridgehead atoms. The normalized spacial score (nSPS) is 19.9. The summed E-state index contributed by atoms with van der Waals surface area (Å²) in [6.45, 7) is 1.11. The van der Waals surface area contributed by atoms with Crippen molar-refractivity contribution in [2.75, 3.05) is 23.7 Å². The number of pyridine rings is 1. The third-order valence-corrected chi connectivity index (χ3v) is 7.44. The van der Waals surface area contributed by atoms with Gasteiger partial charge in [-0.1, -0.05) is 17.4 Å². The number of halogens is 2. The van der Waals surface area contributed by atoms with E-state index in [4.69, 9.17) is 11.5 Å². The number of aromatic nitrogens is 2. The highest BCUT2D eigenvalue weighted by molar-refractivity contribution is 7.19. The zero-order chi connectivity index (χ0) is 24.0. The molecule has 2 aromatic heterocycles. The predicted octanol–water partition coefficient (Wildman–Crippen LogP) is 2.88. The van der Waals surface area contributed by atoms with Crippen molar-refractivity contribution in [1.82, 2.24) is 9.97 Å². The van der Waals surface area contributed by atoms with Gasteiger partial charge in [0.1, 0.15) is 27.3 Å². The molecule has 0 spiro atoms. The zero-order valence-electron chi connectivity index (χ0n) is 18.4. The van der Waals surface area contributed by atoms with Crippen molar-refractivity contribution >= 4 is 27.8 Å². The van der Waals surface area contributed by atoms with Crippen molar-refractivity contribution in [2.45, 2.75) is 44.2 Å². The number of rotatable bonds is 5. The SMILES string of the molecule is Nc1sc(-c2c(F)cccc2F)nc1C(=O)Cc1cnc2c(c1N1CC[C@H](O)[C@@H](N)C1)CCC2. The van der Waals surface area contributed by atoms with Crippen molar-refractivity contribution in [3.63, 3.8) is 0 Å². The minimum absolute atomic E-state index is 0.000121. The van der Waals surface area contributed by atoms with Gasteiger partial charge in [-0.15, -0.1) is 0 Å². The lowest BCUT2D eigenvalue weighted by Crippen LogP contribution is -2.51. The molecule has 2 aliphatic rings. The number of aliphatic hydroxyl groups excluding tert-OH is 1. The number of benzene rings is 1. The van der Waals surface area contributed by atoms with E-state index in [-0.39, 0.29) is 39.5 Å². The first-order chi connectivity index (χ1) is 16.3. The molecule has 3 heterocycles. The molecule has 0 saturated carbocycles. The number of anilines is 2. The monoisotopic (exact) mass is 485 g/mol. The van der Waals surface area contributed by atoms with Gasteiger partial charge in [-0.05, 0) is 43.4 Å². The Hall–Kier alpha value is -2.95. The van der Waals surface area contributed by atoms with Gasteiger partial charge in [-0.25, -0.2) is 13.8 Å². The fourth-order valence-electron chi connectivity index (χ4n) is 4.83. The van der Waals surface area contributed by atoms with Crippen molar-refractivity contribution in [2.24, 2.45) is 5.73 Å². The van der Waals surface area contributed by atoms with Crippen LogP contribution < -0.4 is 16.4 Å². The largest absolute Gasteiger partial charge is 0.391 e. The average Bonchev–Trinajstić information content (AvgIpc) is 3.42. The minimum atomic E-state index is -0.763.